The molecular formula is C23H29N3O. The molecule has 2 aliphatic rings. The highest BCUT2D eigenvalue weighted by Crippen LogP contribution is 2.46. The maximum Gasteiger partial charge on any atom is 0.224 e. The molecule has 0 unspecified atom stereocenters. The number of carbonyl (C=O) groups is 1. The fourth-order valence-corrected chi connectivity index (χ4v) is 5.07. The summed E-state index contributed by atoms with van der Waals surface area (Å²) in [4.78, 5) is 21.9. The van der Waals surface area contributed by atoms with Crippen LogP contribution in [0.5, 0.6) is 0 Å². The molecular weight excluding hydrogens is 334 g/mol. The summed E-state index contributed by atoms with van der Waals surface area (Å²) in [6.45, 7) is 7.09. The van der Waals surface area contributed by atoms with Crippen molar-refractivity contribution >= 4 is 5.91 Å². The number of hydrogen-bond acceptors (Lipinski definition) is 3. The molecule has 2 atom stereocenters. The lowest BCUT2D eigenvalue weighted by molar-refractivity contribution is -0.132. The number of carbonyl (C=O) groups excluding carboxylic acids is 1. The van der Waals surface area contributed by atoms with E-state index in [1.807, 2.05) is 12.1 Å². The van der Waals surface area contributed by atoms with Crippen molar-refractivity contribution in [1.29, 1.82) is 0 Å². The third-order valence-corrected chi connectivity index (χ3v) is 6.54. The van der Waals surface area contributed by atoms with Crippen LogP contribution in [-0.4, -0.2) is 45.9 Å². The van der Waals surface area contributed by atoms with Crippen LogP contribution in [0.15, 0.2) is 54.9 Å². The van der Waals surface area contributed by atoms with E-state index in [0.717, 1.165) is 31.5 Å². The zero-order valence-corrected chi connectivity index (χ0v) is 16.3. The van der Waals surface area contributed by atoms with Gasteiger partial charge in [-0.25, -0.2) is 0 Å². The first kappa shape index (κ1) is 18.2. The van der Waals surface area contributed by atoms with Gasteiger partial charge >= 0.3 is 0 Å². The predicted octanol–water partition coefficient (Wildman–Crippen LogP) is 3.62. The second-order valence-electron chi connectivity index (χ2n) is 8.24. The molecule has 142 valence electrons. The van der Waals surface area contributed by atoms with E-state index in [2.05, 4.69) is 59.0 Å². The Kier molecular flexibility index (Phi) is 5.00. The van der Waals surface area contributed by atoms with Gasteiger partial charge in [-0.15, -0.1) is 0 Å². The number of amides is 1. The minimum absolute atomic E-state index is 0.0776. The molecule has 4 nitrogen and oxygen atoms in total. The highest BCUT2D eigenvalue weighted by Gasteiger charge is 2.51. The number of rotatable bonds is 4. The van der Waals surface area contributed by atoms with E-state index >= 15 is 0 Å². The molecule has 1 aromatic carbocycles. The molecule has 0 bridgehead atoms. The normalized spacial score (nSPS) is 26.3. The lowest BCUT2D eigenvalue weighted by Gasteiger charge is -2.38. The lowest BCUT2D eigenvalue weighted by atomic mass is 9.71. The van der Waals surface area contributed by atoms with Crippen LogP contribution in [0.25, 0.3) is 0 Å². The molecule has 2 fully saturated rings. The van der Waals surface area contributed by atoms with Gasteiger partial charge in [0.25, 0.3) is 0 Å². The Morgan fingerprint density at radius 1 is 1.07 bits per heavy atom. The molecule has 0 N–H and O–H groups in total. The lowest BCUT2D eigenvalue weighted by Crippen LogP contribution is -2.45. The molecule has 4 rings (SSSR count). The molecule has 2 saturated heterocycles. The molecule has 4 heteroatoms. The van der Waals surface area contributed by atoms with Gasteiger partial charge in [0.1, 0.15) is 0 Å². The van der Waals surface area contributed by atoms with Gasteiger partial charge in [0, 0.05) is 49.4 Å². The van der Waals surface area contributed by atoms with Crippen molar-refractivity contribution in [3.63, 3.8) is 0 Å². The SMILES string of the molecule is CC(C)N1CC[C@]2(c3ccccc3)CCN(Cc3ccncc3)C(=O)C[C@@H]12. The van der Waals surface area contributed by atoms with Crippen LogP contribution in [0.1, 0.15) is 44.2 Å². The summed E-state index contributed by atoms with van der Waals surface area (Å²) in [5.74, 6) is 0.280. The smallest absolute Gasteiger partial charge is 0.224 e. The molecule has 0 spiro atoms. The van der Waals surface area contributed by atoms with E-state index in [-0.39, 0.29) is 17.4 Å². The Morgan fingerprint density at radius 3 is 2.48 bits per heavy atom. The number of nitrogens with zero attached hydrogens (tertiary/aromatic N) is 3. The first-order chi connectivity index (χ1) is 13.1. The molecule has 3 heterocycles. The monoisotopic (exact) mass is 363 g/mol. The summed E-state index contributed by atoms with van der Waals surface area (Å²) in [6, 6.07) is 15.6. The molecule has 2 aromatic rings. The number of hydrogen-bond donors (Lipinski definition) is 0. The standard InChI is InChI=1S/C23H29N3O/c1-18(2)26-15-11-23(20-6-4-3-5-7-20)10-14-25(22(27)16-21(23)26)17-19-8-12-24-13-9-19/h3-9,12-13,18,21H,10-11,14-17H2,1-2H3/t21-,23+/m1/s1. The summed E-state index contributed by atoms with van der Waals surface area (Å²) in [5.41, 5.74) is 2.63. The van der Waals surface area contributed by atoms with Crippen LogP contribution >= 0.6 is 0 Å². The zero-order valence-electron chi connectivity index (χ0n) is 16.3. The van der Waals surface area contributed by atoms with Crippen molar-refractivity contribution in [1.82, 2.24) is 14.8 Å². The Hall–Kier alpha value is -2.20. The van der Waals surface area contributed by atoms with E-state index in [1.54, 1.807) is 12.4 Å². The molecule has 1 aromatic heterocycles. The second kappa shape index (κ2) is 7.43. The predicted molar refractivity (Wildman–Crippen MR) is 107 cm³/mol. The van der Waals surface area contributed by atoms with Gasteiger partial charge in [-0.2, -0.15) is 0 Å². The van der Waals surface area contributed by atoms with E-state index in [4.69, 9.17) is 0 Å². The maximum absolute atomic E-state index is 13.2. The van der Waals surface area contributed by atoms with Crippen LogP contribution < -0.4 is 0 Å². The average Bonchev–Trinajstić information content (AvgIpc) is 2.99. The topological polar surface area (TPSA) is 36.4 Å². The molecule has 2 aliphatic heterocycles. The van der Waals surface area contributed by atoms with E-state index in [9.17, 15) is 4.79 Å². The van der Waals surface area contributed by atoms with Crippen molar-refractivity contribution in [2.45, 2.75) is 57.2 Å². The molecule has 27 heavy (non-hydrogen) atoms. The molecule has 0 saturated carbocycles. The minimum Gasteiger partial charge on any atom is -0.338 e. The number of fused-ring (bicyclic) bond motifs is 1. The maximum atomic E-state index is 13.2. The summed E-state index contributed by atoms with van der Waals surface area (Å²) in [5, 5.41) is 0. The van der Waals surface area contributed by atoms with Crippen molar-refractivity contribution in [3.8, 4) is 0 Å². The van der Waals surface area contributed by atoms with Crippen LogP contribution in [0.4, 0.5) is 0 Å². The molecule has 0 radical (unpaired) electrons. The Balaban J connectivity index is 1.65. The fraction of sp³-hybridized carbons (Fsp3) is 0.478. The Morgan fingerprint density at radius 2 is 1.78 bits per heavy atom. The minimum atomic E-state index is 0.0776. The summed E-state index contributed by atoms with van der Waals surface area (Å²) < 4.78 is 0. The number of aromatic nitrogens is 1. The second-order valence-corrected chi connectivity index (χ2v) is 8.24. The molecule has 0 aliphatic carbocycles. The Bertz CT molecular complexity index is 777. The first-order valence-corrected chi connectivity index (χ1v) is 10.1. The van der Waals surface area contributed by atoms with Crippen LogP contribution in [0.2, 0.25) is 0 Å². The first-order valence-electron chi connectivity index (χ1n) is 10.1. The zero-order chi connectivity index (χ0) is 18.9. The summed E-state index contributed by atoms with van der Waals surface area (Å²) in [7, 11) is 0. The van der Waals surface area contributed by atoms with Gasteiger partial charge in [-0.3, -0.25) is 14.7 Å². The third kappa shape index (κ3) is 3.39. The highest BCUT2D eigenvalue weighted by molar-refractivity contribution is 5.78. The van der Waals surface area contributed by atoms with Crippen molar-refractivity contribution < 1.29 is 4.79 Å². The number of pyridine rings is 1. The number of likely N-dealkylation sites (tertiary alicyclic amines) is 2. The van der Waals surface area contributed by atoms with Gasteiger partial charge in [-0.05, 0) is 56.5 Å². The van der Waals surface area contributed by atoms with Gasteiger partial charge < -0.3 is 4.90 Å². The fourth-order valence-electron chi connectivity index (χ4n) is 5.07. The summed E-state index contributed by atoms with van der Waals surface area (Å²) >= 11 is 0. The van der Waals surface area contributed by atoms with E-state index in [0.29, 0.717) is 19.0 Å². The average molecular weight is 364 g/mol. The Labute approximate surface area is 162 Å². The van der Waals surface area contributed by atoms with Crippen molar-refractivity contribution in [2.75, 3.05) is 13.1 Å². The highest BCUT2D eigenvalue weighted by atomic mass is 16.2. The van der Waals surface area contributed by atoms with E-state index < -0.39 is 0 Å². The largest absolute Gasteiger partial charge is 0.338 e. The van der Waals surface area contributed by atoms with E-state index in [1.165, 1.54) is 5.56 Å². The van der Waals surface area contributed by atoms with Crippen LogP contribution in [-0.2, 0) is 16.8 Å². The molecule has 1 amide bonds. The summed E-state index contributed by atoms with van der Waals surface area (Å²) in [6.07, 6.45) is 6.38. The van der Waals surface area contributed by atoms with Gasteiger partial charge in [-0.1, -0.05) is 30.3 Å². The van der Waals surface area contributed by atoms with Crippen LogP contribution in [0, 0.1) is 0 Å². The van der Waals surface area contributed by atoms with Crippen LogP contribution in [0.3, 0.4) is 0 Å². The van der Waals surface area contributed by atoms with Gasteiger partial charge in [0.15, 0.2) is 0 Å². The van der Waals surface area contributed by atoms with Crippen molar-refractivity contribution in [2.24, 2.45) is 0 Å². The van der Waals surface area contributed by atoms with Crippen molar-refractivity contribution in [3.05, 3.63) is 66.0 Å². The quantitative estimate of drug-likeness (QED) is 0.832. The third-order valence-electron chi connectivity index (χ3n) is 6.54. The van der Waals surface area contributed by atoms with Gasteiger partial charge in [0.05, 0.1) is 0 Å². The number of benzene rings is 1. The van der Waals surface area contributed by atoms with Gasteiger partial charge in [0.2, 0.25) is 5.91 Å².